The maximum atomic E-state index is 13.8. The van der Waals surface area contributed by atoms with Crippen molar-refractivity contribution in [1.29, 1.82) is 0 Å². The molecule has 1 aliphatic rings. The first-order valence-electron chi connectivity index (χ1n) is 8.65. The number of pyridine rings is 1. The number of nitrogens with one attached hydrogen (secondary N) is 2. The molecule has 1 amide bonds. The molecule has 0 spiro atoms. The molecule has 0 saturated heterocycles. The topological polar surface area (TPSA) is 54.0 Å². The van der Waals surface area contributed by atoms with Crippen molar-refractivity contribution in [2.24, 2.45) is 0 Å². The van der Waals surface area contributed by atoms with E-state index in [1.54, 1.807) is 24.3 Å². The Hall–Kier alpha value is -2.92. The summed E-state index contributed by atoms with van der Waals surface area (Å²) in [5.74, 6) is -0.395. The summed E-state index contributed by atoms with van der Waals surface area (Å²) in [6.07, 6.45) is 1.59. The van der Waals surface area contributed by atoms with Crippen LogP contribution in [0.5, 0.6) is 0 Å². The smallest absolute Gasteiger partial charge is 0.270 e. The fourth-order valence-electron chi connectivity index (χ4n) is 3.30. The molecule has 0 bridgehead atoms. The number of carbonyl (C=O) groups excluding carboxylic acids is 1. The number of hydrogen-bond donors (Lipinski definition) is 2. The Morgan fingerprint density at radius 1 is 1.04 bits per heavy atom. The maximum Gasteiger partial charge on any atom is 0.270 e. The summed E-state index contributed by atoms with van der Waals surface area (Å²) in [6, 6.07) is 17.5. The van der Waals surface area contributed by atoms with Crippen LogP contribution in [0.4, 0.5) is 15.9 Å². The normalized spacial score (nSPS) is 13.3. The van der Waals surface area contributed by atoms with Crippen molar-refractivity contribution in [2.75, 3.05) is 5.32 Å². The lowest BCUT2D eigenvalue weighted by atomic mass is 10.1. The van der Waals surface area contributed by atoms with Crippen molar-refractivity contribution in [3.8, 4) is 0 Å². The number of para-hydroxylation sites is 1. The molecule has 0 atom stereocenters. The van der Waals surface area contributed by atoms with E-state index in [2.05, 4.69) is 27.8 Å². The fraction of sp³-hybridized carbons (Fsp3) is 0.143. The lowest BCUT2D eigenvalue weighted by Gasteiger charge is -2.13. The van der Waals surface area contributed by atoms with Crippen molar-refractivity contribution in [3.05, 3.63) is 88.3 Å². The standard InChI is InChI=1S/C21H17ClFN3O/c22-15-11-19(26-20(12-15)25-18-8-4-3-7-17(18)23)21(27)24-16-9-13-5-1-2-6-14(13)10-16/h1-8,11-12,16H,9-10H2,(H,24,27)(H,25,26). The Balaban J connectivity index is 1.50. The second-order valence-electron chi connectivity index (χ2n) is 6.51. The van der Waals surface area contributed by atoms with Crippen molar-refractivity contribution >= 4 is 29.0 Å². The predicted molar refractivity (Wildman–Crippen MR) is 104 cm³/mol. The highest BCUT2D eigenvalue weighted by molar-refractivity contribution is 6.31. The molecular weight excluding hydrogens is 365 g/mol. The number of halogens is 2. The third-order valence-electron chi connectivity index (χ3n) is 4.55. The van der Waals surface area contributed by atoms with Crippen LogP contribution in [0.3, 0.4) is 0 Å². The van der Waals surface area contributed by atoms with Crippen LogP contribution in [0, 0.1) is 5.82 Å². The molecule has 0 fully saturated rings. The average molecular weight is 382 g/mol. The van der Waals surface area contributed by atoms with Gasteiger partial charge in [-0.3, -0.25) is 4.79 Å². The molecule has 4 rings (SSSR count). The van der Waals surface area contributed by atoms with Crippen molar-refractivity contribution < 1.29 is 9.18 Å². The summed E-state index contributed by atoms with van der Waals surface area (Å²) in [7, 11) is 0. The van der Waals surface area contributed by atoms with Crippen LogP contribution in [0.25, 0.3) is 0 Å². The zero-order valence-electron chi connectivity index (χ0n) is 14.4. The lowest BCUT2D eigenvalue weighted by molar-refractivity contribution is 0.0933. The summed E-state index contributed by atoms with van der Waals surface area (Å²) >= 11 is 6.14. The van der Waals surface area contributed by atoms with Crippen LogP contribution < -0.4 is 10.6 Å². The van der Waals surface area contributed by atoms with E-state index in [0.717, 1.165) is 12.8 Å². The van der Waals surface area contributed by atoms with E-state index in [0.29, 0.717) is 10.8 Å². The molecule has 2 aromatic carbocycles. The number of fused-ring (bicyclic) bond motifs is 1. The second kappa shape index (κ2) is 7.37. The highest BCUT2D eigenvalue weighted by Crippen LogP contribution is 2.24. The number of anilines is 2. The largest absolute Gasteiger partial charge is 0.347 e. The van der Waals surface area contributed by atoms with Gasteiger partial charge in [0.1, 0.15) is 17.3 Å². The van der Waals surface area contributed by atoms with Gasteiger partial charge in [0.25, 0.3) is 5.91 Å². The van der Waals surface area contributed by atoms with Crippen LogP contribution in [0.2, 0.25) is 5.02 Å². The van der Waals surface area contributed by atoms with Gasteiger partial charge in [0.05, 0.1) is 5.69 Å². The zero-order valence-corrected chi connectivity index (χ0v) is 15.1. The van der Waals surface area contributed by atoms with Gasteiger partial charge in [-0.2, -0.15) is 0 Å². The van der Waals surface area contributed by atoms with Gasteiger partial charge in [-0.15, -0.1) is 0 Å². The van der Waals surface area contributed by atoms with Gasteiger partial charge in [0.2, 0.25) is 0 Å². The molecule has 0 aliphatic heterocycles. The quantitative estimate of drug-likeness (QED) is 0.698. The van der Waals surface area contributed by atoms with E-state index < -0.39 is 5.82 Å². The molecule has 6 heteroatoms. The highest BCUT2D eigenvalue weighted by Gasteiger charge is 2.23. The maximum absolute atomic E-state index is 13.8. The van der Waals surface area contributed by atoms with Crippen LogP contribution in [0.15, 0.2) is 60.7 Å². The Morgan fingerprint density at radius 2 is 1.70 bits per heavy atom. The summed E-state index contributed by atoms with van der Waals surface area (Å²) in [5, 5.41) is 6.23. The van der Waals surface area contributed by atoms with Gasteiger partial charge in [-0.05, 0) is 48.2 Å². The van der Waals surface area contributed by atoms with Crippen LogP contribution in [-0.4, -0.2) is 16.9 Å². The first-order valence-corrected chi connectivity index (χ1v) is 9.03. The predicted octanol–water partition coefficient (Wildman–Crippen LogP) is 4.51. The molecule has 27 heavy (non-hydrogen) atoms. The van der Waals surface area contributed by atoms with Crippen LogP contribution >= 0.6 is 11.6 Å². The van der Waals surface area contributed by atoms with E-state index in [9.17, 15) is 9.18 Å². The fourth-order valence-corrected chi connectivity index (χ4v) is 3.51. The Morgan fingerprint density at radius 3 is 2.41 bits per heavy atom. The van der Waals surface area contributed by atoms with E-state index in [4.69, 9.17) is 11.6 Å². The molecule has 4 nitrogen and oxygen atoms in total. The molecule has 0 radical (unpaired) electrons. The lowest BCUT2D eigenvalue weighted by Crippen LogP contribution is -2.35. The van der Waals surface area contributed by atoms with Crippen LogP contribution in [-0.2, 0) is 12.8 Å². The van der Waals surface area contributed by atoms with Crippen molar-refractivity contribution in [3.63, 3.8) is 0 Å². The van der Waals surface area contributed by atoms with Gasteiger partial charge in [0, 0.05) is 11.1 Å². The first kappa shape index (κ1) is 17.5. The zero-order chi connectivity index (χ0) is 18.8. The number of nitrogens with zero attached hydrogens (tertiary/aromatic N) is 1. The Kier molecular flexibility index (Phi) is 4.77. The SMILES string of the molecule is O=C(NC1Cc2ccccc2C1)c1cc(Cl)cc(Nc2ccccc2F)n1. The molecule has 2 N–H and O–H groups in total. The average Bonchev–Trinajstić information content (AvgIpc) is 3.05. The molecule has 136 valence electrons. The van der Waals surface area contributed by atoms with Crippen LogP contribution in [0.1, 0.15) is 21.6 Å². The second-order valence-corrected chi connectivity index (χ2v) is 6.94. The minimum Gasteiger partial charge on any atom is -0.347 e. The molecule has 3 aromatic rings. The van der Waals surface area contributed by atoms with E-state index in [1.165, 1.54) is 23.3 Å². The minimum absolute atomic E-state index is 0.0265. The number of amides is 1. The van der Waals surface area contributed by atoms with Gasteiger partial charge in [-0.1, -0.05) is 48.0 Å². The molecule has 0 saturated carbocycles. The van der Waals surface area contributed by atoms with Gasteiger partial charge < -0.3 is 10.6 Å². The highest BCUT2D eigenvalue weighted by atomic mass is 35.5. The number of benzene rings is 2. The molecule has 1 aromatic heterocycles. The van der Waals surface area contributed by atoms with Crippen molar-refractivity contribution in [2.45, 2.75) is 18.9 Å². The third-order valence-corrected chi connectivity index (χ3v) is 4.76. The summed E-state index contributed by atoms with van der Waals surface area (Å²) < 4.78 is 13.8. The van der Waals surface area contributed by atoms with Crippen molar-refractivity contribution in [1.82, 2.24) is 10.3 Å². The summed E-state index contributed by atoms with van der Waals surface area (Å²) in [4.78, 5) is 16.9. The number of hydrogen-bond acceptors (Lipinski definition) is 3. The number of rotatable bonds is 4. The molecule has 1 aliphatic carbocycles. The first-order chi connectivity index (χ1) is 13.1. The van der Waals surface area contributed by atoms with Gasteiger partial charge in [0.15, 0.2) is 0 Å². The Bertz CT molecular complexity index is 983. The van der Waals surface area contributed by atoms with E-state index >= 15 is 0 Å². The monoisotopic (exact) mass is 381 g/mol. The Labute approximate surface area is 161 Å². The summed E-state index contributed by atoms with van der Waals surface area (Å²) in [6.45, 7) is 0. The molecule has 0 unspecified atom stereocenters. The minimum atomic E-state index is -0.408. The van der Waals surface area contributed by atoms with Gasteiger partial charge in [-0.25, -0.2) is 9.37 Å². The molecule has 1 heterocycles. The third kappa shape index (κ3) is 3.93. The van der Waals surface area contributed by atoms with Gasteiger partial charge >= 0.3 is 0 Å². The number of aromatic nitrogens is 1. The van der Waals surface area contributed by atoms with E-state index in [1.807, 2.05) is 12.1 Å². The van der Waals surface area contributed by atoms with E-state index in [-0.39, 0.29) is 23.3 Å². The number of carbonyl (C=O) groups is 1. The summed E-state index contributed by atoms with van der Waals surface area (Å²) in [5.41, 5.74) is 2.97. The molecular formula is C21H17ClFN3O.